The van der Waals surface area contributed by atoms with Gasteiger partial charge in [0.25, 0.3) is 5.91 Å². The number of hydrogen-bond acceptors (Lipinski definition) is 2. The SMILES string of the molecule is CC1CCN(C(=O)c2cccc(CN)c2)C(C)C1. The van der Waals surface area contributed by atoms with Crippen molar-refractivity contribution in [2.24, 2.45) is 11.7 Å². The molecular weight excluding hydrogens is 224 g/mol. The Morgan fingerprint density at radius 1 is 1.44 bits per heavy atom. The van der Waals surface area contributed by atoms with Crippen molar-refractivity contribution >= 4 is 5.91 Å². The maximum absolute atomic E-state index is 12.5. The molecule has 1 heterocycles. The minimum atomic E-state index is 0.143. The highest BCUT2D eigenvalue weighted by Crippen LogP contribution is 2.23. The van der Waals surface area contributed by atoms with E-state index in [1.54, 1.807) is 0 Å². The highest BCUT2D eigenvalue weighted by atomic mass is 16.2. The average molecular weight is 246 g/mol. The van der Waals surface area contributed by atoms with Crippen molar-refractivity contribution < 1.29 is 4.79 Å². The van der Waals surface area contributed by atoms with Crippen LogP contribution in [-0.4, -0.2) is 23.4 Å². The number of benzene rings is 1. The lowest BCUT2D eigenvalue weighted by Crippen LogP contribution is -2.44. The van der Waals surface area contributed by atoms with E-state index in [9.17, 15) is 4.79 Å². The number of nitrogens with two attached hydrogens (primary N) is 1. The number of nitrogens with zero attached hydrogens (tertiary/aromatic N) is 1. The summed E-state index contributed by atoms with van der Waals surface area (Å²) in [7, 11) is 0. The van der Waals surface area contributed by atoms with Crippen LogP contribution in [-0.2, 0) is 6.54 Å². The summed E-state index contributed by atoms with van der Waals surface area (Å²) in [6.45, 7) is 5.75. The van der Waals surface area contributed by atoms with E-state index in [1.807, 2.05) is 29.2 Å². The quantitative estimate of drug-likeness (QED) is 0.871. The number of rotatable bonds is 2. The minimum Gasteiger partial charge on any atom is -0.336 e. The molecule has 1 fully saturated rings. The Hall–Kier alpha value is -1.35. The number of piperidine rings is 1. The molecule has 2 atom stereocenters. The first kappa shape index (κ1) is 13.1. The highest BCUT2D eigenvalue weighted by Gasteiger charge is 2.27. The van der Waals surface area contributed by atoms with Gasteiger partial charge < -0.3 is 10.6 Å². The molecule has 2 N–H and O–H groups in total. The van der Waals surface area contributed by atoms with E-state index in [2.05, 4.69) is 13.8 Å². The van der Waals surface area contributed by atoms with Crippen LogP contribution in [0.15, 0.2) is 24.3 Å². The number of amides is 1. The smallest absolute Gasteiger partial charge is 0.254 e. The first-order valence-electron chi connectivity index (χ1n) is 6.71. The van der Waals surface area contributed by atoms with Gasteiger partial charge in [0, 0.05) is 24.7 Å². The number of carbonyl (C=O) groups excluding carboxylic acids is 1. The fourth-order valence-corrected chi connectivity index (χ4v) is 2.71. The van der Waals surface area contributed by atoms with Gasteiger partial charge in [-0.1, -0.05) is 19.1 Å². The Morgan fingerprint density at radius 2 is 2.22 bits per heavy atom. The zero-order chi connectivity index (χ0) is 13.1. The predicted octanol–water partition coefficient (Wildman–Crippen LogP) is 2.41. The van der Waals surface area contributed by atoms with Gasteiger partial charge in [0.15, 0.2) is 0 Å². The second-order valence-electron chi connectivity index (χ2n) is 5.38. The normalized spacial score (nSPS) is 24.1. The largest absolute Gasteiger partial charge is 0.336 e. The van der Waals surface area contributed by atoms with E-state index in [-0.39, 0.29) is 5.91 Å². The second-order valence-corrected chi connectivity index (χ2v) is 5.38. The van der Waals surface area contributed by atoms with Crippen LogP contribution in [0, 0.1) is 5.92 Å². The van der Waals surface area contributed by atoms with Crippen LogP contribution in [0.5, 0.6) is 0 Å². The van der Waals surface area contributed by atoms with E-state index in [1.165, 1.54) is 0 Å². The number of likely N-dealkylation sites (tertiary alicyclic amines) is 1. The molecule has 2 unspecified atom stereocenters. The second kappa shape index (κ2) is 5.53. The van der Waals surface area contributed by atoms with Crippen molar-refractivity contribution in [3.05, 3.63) is 35.4 Å². The summed E-state index contributed by atoms with van der Waals surface area (Å²) in [6, 6.07) is 7.99. The Balaban J connectivity index is 2.15. The molecule has 0 bridgehead atoms. The van der Waals surface area contributed by atoms with Crippen molar-refractivity contribution in [3.63, 3.8) is 0 Å². The van der Waals surface area contributed by atoms with Crippen LogP contribution in [0.2, 0.25) is 0 Å². The Labute approximate surface area is 109 Å². The third-order valence-electron chi connectivity index (χ3n) is 3.81. The van der Waals surface area contributed by atoms with Crippen LogP contribution in [0.3, 0.4) is 0 Å². The summed E-state index contributed by atoms with van der Waals surface area (Å²) in [4.78, 5) is 14.5. The van der Waals surface area contributed by atoms with Gasteiger partial charge in [-0.05, 0) is 43.4 Å². The molecule has 18 heavy (non-hydrogen) atoms. The monoisotopic (exact) mass is 246 g/mol. The topological polar surface area (TPSA) is 46.3 Å². The van der Waals surface area contributed by atoms with Crippen LogP contribution < -0.4 is 5.73 Å². The fraction of sp³-hybridized carbons (Fsp3) is 0.533. The van der Waals surface area contributed by atoms with Crippen LogP contribution in [0.1, 0.15) is 42.6 Å². The van der Waals surface area contributed by atoms with Crippen LogP contribution >= 0.6 is 0 Å². The molecule has 0 aromatic heterocycles. The molecule has 1 aliphatic rings. The maximum atomic E-state index is 12.5. The van der Waals surface area contributed by atoms with E-state index < -0.39 is 0 Å². The molecular formula is C15H22N2O. The van der Waals surface area contributed by atoms with E-state index in [0.717, 1.165) is 36.4 Å². The van der Waals surface area contributed by atoms with E-state index in [4.69, 9.17) is 5.73 Å². The van der Waals surface area contributed by atoms with Crippen molar-refractivity contribution in [1.82, 2.24) is 4.90 Å². The van der Waals surface area contributed by atoms with Crippen molar-refractivity contribution in [2.75, 3.05) is 6.54 Å². The zero-order valence-electron chi connectivity index (χ0n) is 11.2. The summed E-state index contributed by atoms with van der Waals surface area (Å²) in [5, 5.41) is 0. The van der Waals surface area contributed by atoms with Gasteiger partial charge in [-0.3, -0.25) is 4.79 Å². The zero-order valence-corrected chi connectivity index (χ0v) is 11.2. The van der Waals surface area contributed by atoms with Gasteiger partial charge >= 0.3 is 0 Å². The van der Waals surface area contributed by atoms with E-state index >= 15 is 0 Å². The van der Waals surface area contributed by atoms with Crippen LogP contribution in [0.4, 0.5) is 0 Å². The predicted molar refractivity (Wildman–Crippen MR) is 73.2 cm³/mol. The lowest BCUT2D eigenvalue weighted by atomic mass is 9.93. The Morgan fingerprint density at radius 3 is 2.89 bits per heavy atom. The molecule has 1 aromatic carbocycles. The van der Waals surface area contributed by atoms with Crippen LogP contribution in [0.25, 0.3) is 0 Å². The molecule has 2 rings (SSSR count). The van der Waals surface area contributed by atoms with E-state index in [0.29, 0.717) is 12.6 Å². The first-order chi connectivity index (χ1) is 8.61. The van der Waals surface area contributed by atoms with Gasteiger partial charge in [-0.25, -0.2) is 0 Å². The lowest BCUT2D eigenvalue weighted by molar-refractivity contribution is 0.0588. The average Bonchev–Trinajstić information content (AvgIpc) is 2.38. The molecule has 0 radical (unpaired) electrons. The van der Waals surface area contributed by atoms with Crippen molar-refractivity contribution in [3.8, 4) is 0 Å². The Bertz CT molecular complexity index is 430. The third kappa shape index (κ3) is 2.72. The fourth-order valence-electron chi connectivity index (χ4n) is 2.71. The van der Waals surface area contributed by atoms with Gasteiger partial charge in [-0.15, -0.1) is 0 Å². The maximum Gasteiger partial charge on any atom is 0.254 e. The van der Waals surface area contributed by atoms with Crippen molar-refractivity contribution in [2.45, 2.75) is 39.3 Å². The van der Waals surface area contributed by atoms with Gasteiger partial charge in [-0.2, -0.15) is 0 Å². The minimum absolute atomic E-state index is 0.143. The molecule has 1 aromatic rings. The van der Waals surface area contributed by atoms with Gasteiger partial charge in [0.1, 0.15) is 0 Å². The summed E-state index contributed by atoms with van der Waals surface area (Å²) in [5.74, 6) is 0.865. The highest BCUT2D eigenvalue weighted by molar-refractivity contribution is 5.94. The van der Waals surface area contributed by atoms with Gasteiger partial charge in [0.05, 0.1) is 0 Å². The molecule has 1 saturated heterocycles. The molecule has 98 valence electrons. The summed E-state index contributed by atoms with van der Waals surface area (Å²) in [6.07, 6.45) is 2.20. The third-order valence-corrected chi connectivity index (χ3v) is 3.81. The molecule has 1 amide bonds. The molecule has 0 spiro atoms. The molecule has 0 aliphatic carbocycles. The molecule has 1 aliphatic heterocycles. The number of hydrogen-bond donors (Lipinski definition) is 1. The molecule has 3 heteroatoms. The van der Waals surface area contributed by atoms with Gasteiger partial charge in [0.2, 0.25) is 0 Å². The summed E-state index contributed by atoms with van der Waals surface area (Å²) < 4.78 is 0. The standard InChI is InChI=1S/C15H22N2O/c1-11-6-7-17(12(2)8-11)15(18)14-5-3-4-13(9-14)10-16/h3-5,9,11-12H,6-8,10,16H2,1-2H3. The summed E-state index contributed by atoms with van der Waals surface area (Å²) in [5.41, 5.74) is 7.39. The number of carbonyl (C=O) groups is 1. The lowest BCUT2D eigenvalue weighted by Gasteiger charge is -2.36. The molecule has 0 saturated carbocycles. The molecule has 3 nitrogen and oxygen atoms in total. The van der Waals surface area contributed by atoms with Crippen molar-refractivity contribution in [1.29, 1.82) is 0 Å². The summed E-state index contributed by atoms with van der Waals surface area (Å²) >= 11 is 0. The Kier molecular flexibility index (Phi) is 4.02. The first-order valence-corrected chi connectivity index (χ1v) is 6.71.